The summed E-state index contributed by atoms with van der Waals surface area (Å²) in [6, 6.07) is 3.98. The van der Waals surface area contributed by atoms with E-state index >= 15 is 0 Å². The van der Waals surface area contributed by atoms with Gasteiger partial charge < -0.3 is 20.1 Å². The Bertz CT molecular complexity index is 417. The number of ether oxygens (including phenoxy) is 2. The smallest absolute Gasteiger partial charge is 0.162 e. The lowest BCUT2D eigenvalue weighted by molar-refractivity contribution is 0.354. The van der Waals surface area contributed by atoms with Gasteiger partial charge in [-0.25, -0.2) is 0 Å². The quantitative estimate of drug-likeness (QED) is 0.872. The normalized spacial score (nSPS) is 11.3. The maximum atomic E-state index is 5.82. The lowest BCUT2D eigenvalue weighted by atomic mass is 10.0. The van der Waals surface area contributed by atoms with Gasteiger partial charge in [-0.05, 0) is 32.4 Å². The van der Waals surface area contributed by atoms with Gasteiger partial charge >= 0.3 is 0 Å². The molecule has 0 amide bonds. The van der Waals surface area contributed by atoms with E-state index in [2.05, 4.69) is 25.7 Å². The summed E-state index contributed by atoms with van der Waals surface area (Å²) in [5.41, 5.74) is 7.95. The van der Waals surface area contributed by atoms with Crippen LogP contribution in [0.4, 0.5) is 5.69 Å². The van der Waals surface area contributed by atoms with Crippen molar-refractivity contribution < 1.29 is 9.47 Å². The third-order valence-corrected chi connectivity index (χ3v) is 3.47. The van der Waals surface area contributed by atoms with Gasteiger partial charge in [0.05, 0.1) is 14.2 Å². The monoisotopic (exact) mass is 252 g/mol. The van der Waals surface area contributed by atoms with Crippen LogP contribution in [0.1, 0.15) is 19.4 Å². The van der Waals surface area contributed by atoms with Gasteiger partial charge in [0, 0.05) is 30.9 Å². The molecule has 2 N–H and O–H groups in total. The SMILES string of the molecule is COc1cc(C)c(N(C)C(C)(C)CN)cc1OC. The van der Waals surface area contributed by atoms with Crippen LogP contribution in [0.5, 0.6) is 11.5 Å². The van der Waals surface area contributed by atoms with Gasteiger partial charge in [-0.15, -0.1) is 0 Å². The third-order valence-electron chi connectivity index (χ3n) is 3.47. The standard InChI is InChI=1S/C14H24N2O2/c1-10-7-12(17-5)13(18-6)8-11(10)16(4)14(2,3)9-15/h7-8H,9,15H2,1-6H3. The molecule has 0 bridgehead atoms. The van der Waals surface area contributed by atoms with E-state index in [1.165, 1.54) is 0 Å². The maximum Gasteiger partial charge on any atom is 0.162 e. The van der Waals surface area contributed by atoms with Gasteiger partial charge in [0.2, 0.25) is 0 Å². The van der Waals surface area contributed by atoms with E-state index in [0.29, 0.717) is 6.54 Å². The van der Waals surface area contributed by atoms with Crippen molar-refractivity contribution >= 4 is 5.69 Å². The molecule has 0 saturated heterocycles. The first-order valence-corrected chi connectivity index (χ1v) is 6.04. The molecule has 1 aromatic carbocycles. The highest BCUT2D eigenvalue weighted by Crippen LogP contribution is 2.36. The molecule has 0 unspecified atom stereocenters. The topological polar surface area (TPSA) is 47.7 Å². The molecule has 0 aromatic heterocycles. The van der Waals surface area contributed by atoms with Crippen molar-refractivity contribution in [3.63, 3.8) is 0 Å². The zero-order chi connectivity index (χ0) is 13.9. The van der Waals surface area contributed by atoms with E-state index in [4.69, 9.17) is 15.2 Å². The fraction of sp³-hybridized carbons (Fsp3) is 0.571. The number of rotatable bonds is 5. The fourth-order valence-electron chi connectivity index (χ4n) is 1.79. The number of likely N-dealkylation sites (N-methyl/N-ethyl adjacent to an activating group) is 1. The summed E-state index contributed by atoms with van der Waals surface area (Å²) in [4.78, 5) is 2.17. The summed E-state index contributed by atoms with van der Waals surface area (Å²) >= 11 is 0. The molecule has 102 valence electrons. The van der Waals surface area contributed by atoms with Gasteiger partial charge in [-0.3, -0.25) is 0 Å². The summed E-state index contributed by atoms with van der Waals surface area (Å²) < 4.78 is 10.6. The minimum absolute atomic E-state index is 0.107. The Kier molecular flexibility index (Phi) is 4.46. The average molecular weight is 252 g/mol. The Hall–Kier alpha value is -1.42. The number of hydrogen-bond acceptors (Lipinski definition) is 4. The molecule has 1 aromatic rings. The molecule has 0 saturated carbocycles. The highest BCUT2D eigenvalue weighted by Gasteiger charge is 2.24. The number of nitrogens with two attached hydrogens (primary N) is 1. The molecule has 0 atom stereocenters. The van der Waals surface area contributed by atoms with Crippen LogP contribution in [0.2, 0.25) is 0 Å². The summed E-state index contributed by atoms with van der Waals surface area (Å²) in [5, 5.41) is 0. The second-order valence-electron chi connectivity index (χ2n) is 5.07. The molecule has 0 aliphatic rings. The largest absolute Gasteiger partial charge is 0.493 e. The minimum Gasteiger partial charge on any atom is -0.493 e. The molecule has 1 rings (SSSR count). The summed E-state index contributed by atoms with van der Waals surface area (Å²) in [6.45, 7) is 6.87. The molecule has 0 fully saturated rings. The van der Waals surface area contributed by atoms with E-state index in [1.54, 1.807) is 14.2 Å². The first-order valence-electron chi connectivity index (χ1n) is 6.04. The summed E-state index contributed by atoms with van der Waals surface area (Å²) in [6.07, 6.45) is 0. The second kappa shape index (κ2) is 5.48. The molecule has 0 aliphatic carbocycles. The third kappa shape index (κ3) is 2.70. The molecule has 4 nitrogen and oxygen atoms in total. The number of nitrogens with zero attached hydrogens (tertiary/aromatic N) is 1. The Morgan fingerprint density at radius 3 is 2.11 bits per heavy atom. The Labute approximate surface area is 110 Å². The number of methoxy groups -OCH3 is 2. The second-order valence-corrected chi connectivity index (χ2v) is 5.07. The zero-order valence-electron chi connectivity index (χ0n) is 12.2. The first kappa shape index (κ1) is 14.6. The van der Waals surface area contributed by atoms with Crippen LogP contribution in [0.15, 0.2) is 12.1 Å². The number of aryl methyl sites for hydroxylation is 1. The van der Waals surface area contributed by atoms with Crippen LogP contribution < -0.4 is 20.1 Å². The fourth-order valence-corrected chi connectivity index (χ4v) is 1.79. The van der Waals surface area contributed by atoms with Gasteiger partial charge in [0.15, 0.2) is 11.5 Å². The van der Waals surface area contributed by atoms with Crippen molar-refractivity contribution in [2.45, 2.75) is 26.3 Å². The number of benzene rings is 1. The highest BCUT2D eigenvalue weighted by atomic mass is 16.5. The van der Waals surface area contributed by atoms with Crippen molar-refractivity contribution in [3.05, 3.63) is 17.7 Å². The van der Waals surface area contributed by atoms with E-state index < -0.39 is 0 Å². The predicted molar refractivity (Wildman–Crippen MR) is 75.8 cm³/mol. The van der Waals surface area contributed by atoms with Crippen LogP contribution in [0, 0.1) is 6.92 Å². The zero-order valence-corrected chi connectivity index (χ0v) is 12.2. The van der Waals surface area contributed by atoms with Crippen LogP contribution in [-0.2, 0) is 0 Å². The molecule has 0 aliphatic heterocycles. The Morgan fingerprint density at radius 1 is 1.17 bits per heavy atom. The van der Waals surface area contributed by atoms with Crippen LogP contribution in [-0.4, -0.2) is 33.4 Å². The highest BCUT2D eigenvalue weighted by molar-refractivity contribution is 5.62. The van der Waals surface area contributed by atoms with E-state index in [0.717, 1.165) is 22.7 Å². The van der Waals surface area contributed by atoms with E-state index in [1.807, 2.05) is 19.2 Å². The van der Waals surface area contributed by atoms with Crippen molar-refractivity contribution in [2.75, 3.05) is 32.7 Å². The van der Waals surface area contributed by atoms with Crippen LogP contribution >= 0.6 is 0 Å². The number of anilines is 1. The molecule has 4 heteroatoms. The average Bonchev–Trinajstić information content (AvgIpc) is 2.37. The number of hydrogen-bond donors (Lipinski definition) is 1. The Balaban J connectivity index is 3.25. The predicted octanol–water partition coefficient (Wildman–Crippen LogP) is 2.19. The lowest BCUT2D eigenvalue weighted by Crippen LogP contribution is -2.47. The van der Waals surface area contributed by atoms with E-state index in [-0.39, 0.29) is 5.54 Å². The van der Waals surface area contributed by atoms with Crippen LogP contribution in [0.25, 0.3) is 0 Å². The van der Waals surface area contributed by atoms with Crippen molar-refractivity contribution in [1.29, 1.82) is 0 Å². The molecular formula is C14H24N2O2. The van der Waals surface area contributed by atoms with Crippen molar-refractivity contribution in [1.82, 2.24) is 0 Å². The lowest BCUT2D eigenvalue weighted by Gasteiger charge is -2.37. The van der Waals surface area contributed by atoms with Gasteiger partial charge in [0.1, 0.15) is 0 Å². The van der Waals surface area contributed by atoms with Gasteiger partial charge in [-0.2, -0.15) is 0 Å². The Morgan fingerprint density at radius 2 is 1.67 bits per heavy atom. The summed E-state index contributed by atoms with van der Waals surface area (Å²) in [7, 11) is 5.33. The van der Waals surface area contributed by atoms with Gasteiger partial charge in [0.25, 0.3) is 0 Å². The molecule has 0 spiro atoms. The molecule has 0 radical (unpaired) electrons. The van der Waals surface area contributed by atoms with Crippen molar-refractivity contribution in [3.8, 4) is 11.5 Å². The maximum absolute atomic E-state index is 5.82. The van der Waals surface area contributed by atoms with Crippen molar-refractivity contribution in [2.24, 2.45) is 5.73 Å². The first-order chi connectivity index (χ1) is 8.37. The van der Waals surface area contributed by atoms with E-state index in [9.17, 15) is 0 Å². The minimum atomic E-state index is -0.107. The van der Waals surface area contributed by atoms with Gasteiger partial charge in [-0.1, -0.05) is 0 Å². The molecule has 18 heavy (non-hydrogen) atoms. The molecule has 0 heterocycles. The summed E-state index contributed by atoms with van der Waals surface area (Å²) in [5.74, 6) is 1.48. The van der Waals surface area contributed by atoms with Crippen LogP contribution in [0.3, 0.4) is 0 Å². The molecular weight excluding hydrogens is 228 g/mol.